The van der Waals surface area contributed by atoms with Gasteiger partial charge in [0.25, 0.3) is 0 Å². The Kier molecular flexibility index (Phi) is 8.75. The van der Waals surface area contributed by atoms with Crippen molar-refractivity contribution in [3.05, 3.63) is 179 Å². The Morgan fingerprint density at radius 2 is 0.578 bits per heavy atom. The second-order valence-corrected chi connectivity index (χ2v) is 18.9. The Balaban J connectivity index is 1.81. The Bertz CT molecular complexity index is 1700. The van der Waals surface area contributed by atoms with Gasteiger partial charge in [0.05, 0.1) is 0 Å². The van der Waals surface area contributed by atoms with Gasteiger partial charge in [-0.25, -0.2) is 0 Å². The van der Waals surface area contributed by atoms with Gasteiger partial charge in [-0.05, 0) is 79.6 Å². The molecule has 0 unspecified atom stereocenters. The Morgan fingerprint density at radius 1 is 0.333 bits per heavy atom. The third-order valence-electron chi connectivity index (χ3n) is 8.91. The summed E-state index contributed by atoms with van der Waals surface area (Å²) in [7, 11) is -4.53. The third-order valence-corrected chi connectivity index (χ3v) is 17.5. The van der Waals surface area contributed by atoms with E-state index in [0.717, 1.165) is 0 Å². The van der Waals surface area contributed by atoms with Crippen LogP contribution >= 0.6 is 0 Å². The smallest absolute Gasteiger partial charge is 0.245 e. The molecule has 0 aliphatic rings. The Labute approximate surface area is 272 Å². The highest BCUT2D eigenvalue weighted by atomic mass is 28.4. The lowest BCUT2D eigenvalue weighted by molar-refractivity contribution is 1.40. The predicted octanol–water partition coefficient (Wildman–Crippen LogP) is 6.82. The summed E-state index contributed by atoms with van der Waals surface area (Å²) in [6.07, 6.45) is 0. The zero-order valence-electron chi connectivity index (χ0n) is 27.3. The molecule has 45 heavy (non-hydrogen) atoms. The van der Waals surface area contributed by atoms with Crippen LogP contribution in [0.15, 0.2) is 146 Å². The van der Waals surface area contributed by atoms with Gasteiger partial charge in [0.2, 0.25) is 17.2 Å². The fraction of sp³-hybridized carbons (Fsp3) is 0.143. The fourth-order valence-corrected chi connectivity index (χ4v) is 16.1. The zero-order valence-corrected chi connectivity index (χ0v) is 29.3. The van der Waals surface area contributed by atoms with E-state index in [9.17, 15) is 0 Å². The second kappa shape index (κ2) is 12.9. The van der Waals surface area contributed by atoms with Crippen molar-refractivity contribution in [3.63, 3.8) is 0 Å². The highest BCUT2D eigenvalue weighted by Crippen LogP contribution is 2.26. The molecule has 0 bridgehead atoms. The quantitative estimate of drug-likeness (QED) is 0.134. The van der Waals surface area contributed by atoms with Crippen LogP contribution in [-0.4, -0.2) is 17.2 Å². The van der Waals surface area contributed by atoms with Crippen LogP contribution in [0.5, 0.6) is 0 Å². The molecule has 0 aliphatic carbocycles. The molecule has 6 aromatic carbocycles. The van der Waals surface area contributed by atoms with E-state index in [2.05, 4.69) is 191 Å². The van der Waals surface area contributed by atoms with Gasteiger partial charge in [0.15, 0.2) is 0 Å². The summed E-state index contributed by atoms with van der Waals surface area (Å²) >= 11 is 0. The summed E-state index contributed by atoms with van der Waals surface area (Å²) in [5.74, 6) is 0. The van der Waals surface area contributed by atoms with Crippen LogP contribution in [0.1, 0.15) is 33.4 Å². The van der Waals surface area contributed by atoms with E-state index in [1.807, 2.05) is 0 Å². The lowest BCUT2D eigenvalue weighted by Crippen LogP contribution is -2.83. The molecule has 0 fully saturated rings. The highest BCUT2D eigenvalue weighted by Gasteiger charge is 2.50. The maximum atomic E-state index is 2.92. The van der Waals surface area contributed by atoms with Gasteiger partial charge in [-0.3, -0.25) is 0 Å². The number of rotatable bonds is 8. The minimum atomic E-state index is -2.96. The summed E-state index contributed by atoms with van der Waals surface area (Å²) in [6, 6.07) is 56.2. The molecule has 1 radical (unpaired) electrons. The highest BCUT2D eigenvalue weighted by molar-refractivity contribution is 7.21. The van der Waals surface area contributed by atoms with Crippen LogP contribution in [0.25, 0.3) is 0 Å². The normalized spacial score (nSPS) is 11.5. The molecule has 0 atom stereocenters. The summed E-state index contributed by atoms with van der Waals surface area (Å²) in [5, 5.41) is 6.95. The predicted molar refractivity (Wildman–Crippen MR) is 199 cm³/mol. The van der Waals surface area contributed by atoms with Gasteiger partial charge in [-0.1, -0.05) is 167 Å². The van der Waals surface area contributed by atoms with Crippen molar-refractivity contribution in [2.24, 2.45) is 0 Å². The van der Waals surface area contributed by atoms with Crippen molar-refractivity contribution in [2.75, 3.05) is 4.23 Å². The van der Waals surface area contributed by atoms with E-state index in [-0.39, 0.29) is 0 Å². The molecule has 6 aromatic rings. The van der Waals surface area contributed by atoms with E-state index in [4.69, 9.17) is 0 Å². The van der Waals surface area contributed by atoms with E-state index in [1.165, 1.54) is 65.0 Å². The first kappa shape index (κ1) is 30.6. The maximum Gasteiger partial charge on any atom is 0.245 e. The van der Waals surface area contributed by atoms with Gasteiger partial charge >= 0.3 is 0 Å². The van der Waals surface area contributed by atoms with Crippen LogP contribution in [-0.2, 0) is 0 Å². The average molecular weight is 617 g/mol. The Hall–Kier alpha value is -4.45. The van der Waals surface area contributed by atoms with E-state index in [1.54, 1.807) is 0 Å². The van der Waals surface area contributed by atoms with Gasteiger partial charge in [0.1, 0.15) is 0 Å². The van der Waals surface area contributed by atoms with Gasteiger partial charge in [0, 0.05) is 5.69 Å². The number of hydrogen-bond acceptors (Lipinski definition) is 1. The van der Waals surface area contributed by atoms with Crippen LogP contribution in [0.3, 0.4) is 0 Å². The van der Waals surface area contributed by atoms with Crippen LogP contribution < -0.4 is 30.2 Å². The van der Waals surface area contributed by atoms with E-state index < -0.39 is 17.2 Å². The summed E-state index contributed by atoms with van der Waals surface area (Å²) in [5.41, 5.74) is 8.93. The van der Waals surface area contributed by atoms with E-state index >= 15 is 0 Å². The molecule has 0 amide bonds. The van der Waals surface area contributed by atoms with Crippen molar-refractivity contribution < 1.29 is 0 Å². The van der Waals surface area contributed by atoms with Crippen molar-refractivity contribution in [2.45, 2.75) is 41.5 Å². The van der Waals surface area contributed by atoms with Gasteiger partial charge in [-0.2, -0.15) is 0 Å². The van der Waals surface area contributed by atoms with Gasteiger partial charge < -0.3 is 4.23 Å². The molecule has 0 aliphatic heterocycles. The number of hydrogen-bond donors (Lipinski definition) is 0. The largest absolute Gasteiger partial charge is 0.407 e. The van der Waals surface area contributed by atoms with Crippen molar-refractivity contribution in [1.29, 1.82) is 0 Å². The zero-order chi connectivity index (χ0) is 31.6. The van der Waals surface area contributed by atoms with Crippen LogP contribution in [0.2, 0.25) is 0 Å². The third kappa shape index (κ3) is 6.11. The fourth-order valence-electron chi connectivity index (χ4n) is 6.30. The SMILES string of the molecule is Cc1ccc(N([Si](c2ccc(C)cc2)c2ccc(C)cc2)[Si](c2ccc(C)cc2)(c2ccc(C)cc2)c2ccc(C)cc2)cc1. The second-order valence-electron chi connectivity index (χ2n) is 12.6. The molecule has 0 aromatic heterocycles. The molecule has 0 saturated carbocycles. The lowest BCUT2D eigenvalue weighted by atomic mass is 10.2. The lowest BCUT2D eigenvalue weighted by Gasteiger charge is -2.49. The number of nitrogens with zero attached hydrogens (tertiary/aromatic N) is 1. The van der Waals surface area contributed by atoms with Gasteiger partial charge in [-0.15, -0.1) is 0 Å². The molecule has 0 saturated heterocycles. The molecule has 6 rings (SSSR count). The minimum Gasteiger partial charge on any atom is -0.407 e. The van der Waals surface area contributed by atoms with Crippen LogP contribution in [0.4, 0.5) is 5.69 Å². The number of anilines is 1. The molecule has 1 nitrogen and oxygen atoms in total. The van der Waals surface area contributed by atoms with Crippen molar-refractivity contribution >= 4 is 48.8 Å². The number of benzene rings is 6. The average Bonchev–Trinajstić information content (AvgIpc) is 3.05. The van der Waals surface area contributed by atoms with Crippen molar-refractivity contribution in [1.82, 2.24) is 0 Å². The van der Waals surface area contributed by atoms with E-state index in [0.29, 0.717) is 0 Å². The molecule has 0 N–H and O–H groups in total. The standard InChI is InChI=1S/C42H42NSi2/c1-31-7-19-37(20-8-31)43(44(38-21-9-32(2)10-22-38)39-23-11-33(3)12-24-39)45(40-25-13-34(4)14-26-40,41-27-15-35(5)16-28-41)42-29-17-36(6)18-30-42/h7-30H,1-6H3. The molecular formula is C42H42NSi2. The topological polar surface area (TPSA) is 3.24 Å². The first-order valence-corrected chi connectivity index (χ1v) is 19.2. The first-order chi connectivity index (χ1) is 21.8. The summed E-state index contributed by atoms with van der Waals surface area (Å²) in [4.78, 5) is 0. The van der Waals surface area contributed by atoms with Crippen LogP contribution in [0, 0.1) is 41.5 Å². The Morgan fingerprint density at radius 3 is 0.867 bits per heavy atom. The molecular weight excluding hydrogens is 575 g/mol. The maximum absolute atomic E-state index is 2.96. The summed E-state index contributed by atoms with van der Waals surface area (Å²) in [6.45, 7) is 13.1. The molecule has 0 heterocycles. The van der Waals surface area contributed by atoms with Crippen molar-refractivity contribution in [3.8, 4) is 0 Å². The number of aryl methyl sites for hydroxylation is 6. The summed E-state index contributed by atoms with van der Waals surface area (Å²) < 4.78 is 2.92. The minimum absolute atomic E-state index is 1.27. The first-order valence-electron chi connectivity index (χ1n) is 15.8. The molecule has 0 spiro atoms. The molecule has 3 heteroatoms. The monoisotopic (exact) mass is 616 g/mol. The molecule has 223 valence electrons.